The smallest absolute Gasteiger partial charge is 0.325 e. The van der Waals surface area contributed by atoms with Crippen molar-refractivity contribution in [1.82, 2.24) is 15.5 Å². The number of aryl methyl sites for hydroxylation is 2. The number of hydrogen-bond acceptors (Lipinski definition) is 3. The zero-order chi connectivity index (χ0) is 20.3. The van der Waals surface area contributed by atoms with Crippen molar-refractivity contribution >= 4 is 17.8 Å². The number of rotatable bonds is 6. The number of carbonyl (C=O) groups excluding carboxylic acids is 3. The average molecular weight is 391 g/mol. The van der Waals surface area contributed by atoms with E-state index < -0.39 is 11.6 Å². The van der Waals surface area contributed by atoms with Gasteiger partial charge in [-0.3, -0.25) is 14.5 Å². The summed E-state index contributed by atoms with van der Waals surface area (Å²) in [6, 6.07) is 17.3. The first-order valence-corrected chi connectivity index (χ1v) is 10.1. The molecule has 1 heterocycles. The molecule has 2 N–H and O–H groups in total. The number of imide groups is 1. The second kappa shape index (κ2) is 8.07. The number of benzene rings is 2. The molecule has 6 heteroatoms. The van der Waals surface area contributed by atoms with Crippen molar-refractivity contribution < 1.29 is 14.4 Å². The molecule has 0 radical (unpaired) electrons. The van der Waals surface area contributed by atoms with E-state index in [1.807, 2.05) is 42.5 Å². The van der Waals surface area contributed by atoms with Gasteiger partial charge in [-0.05, 0) is 48.8 Å². The van der Waals surface area contributed by atoms with Crippen LogP contribution in [0.2, 0.25) is 0 Å². The number of nitrogens with one attached hydrogen (secondary N) is 2. The molecule has 6 nitrogen and oxygen atoms in total. The Kier molecular flexibility index (Phi) is 5.34. The molecule has 2 aromatic carbocycles. The van der Waals surface area contributed by atoms with Crippen LogP contribution in [0.15, 0.2) is 54.6 Å². The van der Waals surface area contributed by atoms with Gasteiger partial charge in [0.15, 0.2) is 0 Å². The van der Waals surface area contributed by atoms with Crippen LogP contribution in [-0.4, -0.2) is 35.8 Å². The molecule has 2 aromatic rings. The van der Waals surface area contributed by atoms with Crippen molar-refractivity contribution in [2.75, 3.05) is 13.1 Å². The number of hydrogen-bond donors (Lipinski definition) is 2. The van der Waals surface area contributed by atoms with Gasteiger partial charge in [0.1, 0.15) is 12.1 Å². The van der Waals surface area contributed by atoms with Gasteiger partial charge in [-0.25, -0.2) is 4.79 Å². The molecule has 0 saturated carbocycles. The molecule has 4 rings (SSSR count). The first-order chi connectivity index (χ1) is 14.1. The fourth-order valence-corrected chi connectivity index (χ4v) is 4.32. The van der Waals surface area contributed by atoms with Crippen LogP contribution >= 0.6 is 0 Å². The lowest BCUT2D eigenvalue weighted by molar-refractivity contribution is -0.135. The van der Waals surface area contributed by atoms with Crippen LogP contribution in [0.5, 0.6) is 0 Å². The summed E-state index contributed by atoms with van der Waals surface area (Å²) in [7, 11) is 0. The third-order valence-corrected chi connectivity index (χ3v) is 5.76. The Balaban J connectivity index is 1.36. The topological polar surface area (TPSA) is 78.5 Å². The maximum absolute atomic E-state index is 13.2. The molecular formula is C23H25N3O3. The van der Waals surface area contributed by atoms with Crippen molar-refractivity contribution in [2.45, 2.75) is 37.6 Å². The Morgan fingerprint density at radius 3 is 2.66 bits per heavy atom. The van der Waals surface area contributed by atoms with E-state index in [9.17, 15) is 14.4 Å². The third kappa shape index (κ3) is 3.75. The SMILES string of the molecule is O=C(CN1C(=O)NC2(CCCc3ccccc32)C1=O)NCCCc1ccccc1. The average Bonchev–Trinajstić information content (AvgIpc) is 2.97. The Labute approximate surface area is 170 Å². The highest BCUT2D eigenvalue weighted by Crippen LogP contribution is 2.39. The standard InChI is InChI=1S/C23H25N3O3/c27-20(24-15-7-10-17-8-2-1-3-9-17)16-26-21(28)23(25-22(26)29)14-6-12-18-11-4-5-13-19(18)23/h1-5,8-9,11,13H,6-7,10,12,14-16H2,(H,24,27)(H,25,29). The molecule has 2 aliphatic rings. The highest BCUT2D eigenvalue weighted by atomic mass is 16.2. The molecule has 1 atom stereocenters. The molecule has 4 amide bonds. The first-order valence-electron chi connectivity index (χ1n) is 10.1. The van der Waals surface area contributed by atoms with E-state index in [0.717, 1.165) is 41.7 Å². The Morgan fingerprint density at radius 2 is 1.83 bits per heavy atom. The van der Waals surface area contributed by atoms with Crippen LogP contribution in [0, 0.1) is 0 Å². The van der Waals surface area contributed by atoms with Gasteiger partial charge in [0.05, 0.1) is 0 Å². The van der Waals surface area contributed by atoms with Gasteiger partial charge in [0.25, 0.3) is 5.91 Å². The fourth-order valence-electron chi connectivity index (χ4n) is 4.32. The van der Waals surface area contributed by atoms with Gasteiger partial charge in [-0.1, -0.05) is 54.6 Å². The highest BCUT2D eigenvalue weighted by Gasteiger charge is 2.54. The summed E-state index contributed by atoms with van der Waals surface area (Å²) in [5.74, 6) is -0.642. The largest absolute Gasteiger partial charge is 0.355 e. The van der Waals surface area contributed by atoms with E-state index >= 15 is 0 Å². The van der Waals surface area contributed by atoms with Gasteiger partial charge in [0, 0.05) is 6.54 Å². The van der Waals surface area contributed by atoms with Crippen molar-refractivity contribution in [3.8, 4) is 0 Å². The summed E-state index contributed by atoms with van der Waals surface area (Å²) in [5.41, 5.74) is 2.13. The number of nitrogens with zero attached hydrogens (tertiary/aromatic N) is 1. The van der Waals surface area contributed by atoms with E-state index in [2.05, 4.69) is 22.8 Å². The summed E-state index contributed by atoms with van der Waals surface area (Å²) in [4.78, 5) is 39.1. The van der Waals surface area contributed by atoms with Crippen molar-refractivity contribution in [3.05, 3.63) is 71.3 Å². The van der Waals surface area contributed by atoms with Crippen LogP contribution in [0.3, 0.4) is 0 Å². The molecule has 1 spiro atoms. The lowest BCUT2D eigenvalue weighted by atomic mass is 9.76. The van der Waals surface area contributed by atoms with E-state index in [0.29, 0.717) is 13.0 Å². The lowest BCUT2D eigenvalue weighted by Gasteiger charge is -2.33. The lowest BCUT2D eigenvalue weighted by Crippen LogP contribution is -2.47. The molecule has 150 valence electrons. The monoisotopic (exact) mass is 391 g/mol. The normalized spacial score (nSPS) is 20.5. The van der Waals surface area contributed by atoms with Crippen molar-refractivity contribution in [1.29, 1.82) is 0 Å². The number of amides is 4. The minimum atomic E-state index is -1.03. The van der Waals surface area contributed by atoms with Gasteiger partial charge >= 0.3 is 6.03 Å². The molecule has 1 aliphatic heterocycles. The van der Waals surface area contributed by atoms with Gasteiger partial charge < -0.3 is 10.6 Å². The summed E-state index contributed by atoms with van der Waals surface area (Å²) >= 11 is 0. The second-order valence-corrected chi connectivity index (χ2v) is 7.68. The van der Waals surface area contributed by atoms with Crippen LogP contribution < -0.4 is 10.6 Å². The van der Waals surface area contributed by atoms with E-state index in [1.54, 1.807) is 0 Å². The second-order valence-electron chi connectivity index (χ2n) is 7.68. The minimum Gasteiger partial charge on any atom is -0.355 e. The molecule has 29 heavy (non-hydrogen) atoms. The van der Waals surface area contributed by atoms with Crippen LogP contribution in [0.1, 0.15) is 36.0 Å². The van der Waals surface area contributed by atoms with E-state index in [4.69, 9.17) is 0 Å². The molecule has 1 aliphatic carbocycles. The zero-order valence-electron chi connectivity index (χ0n) is 16.3. The predicted octanol–water partition coefficient (Wildman–Crippen LogP) is 2.52. The van der Waals surface area contributed by atoms with E-state index in [-0.39, 0.29) is 18.4 Å². The van der Waals surface area contributed by atoms with Gasteiger partial charge in [-0.15, -0.1) is 0 Å². The maximum Gasteiger partial charge on any atom is 0.325 e. The Bertz CT molecular complexity index is 928. The maximum atomic E-state index is 13.2. The molecular weight excluding hydrogens is 366 g/mol. The summed E-state index contributed by atoms with van der Waals surface area (Å²) < 4.78 is 0. The number of carbonyl (C=O) groups is 3. The zero-order valence-corrected chi connectivity index (χ0v) is 16.3. The van der Waals surface area contributed by atoms with Crippen LogP contribution in [0.25, 0.3) is 0 Å². The van der Waals surface area contributed by atoms with Crippen molar-refractivity contribution in [3.63, 3.8) is 0 Å². The predicted molar refractivity (Wildman–Crippen MR) is 109 cm³/mol. The summed E-state index contributed by atoms with van der Waals surface area (Å²) in [6.07, 6.45) is 3.94. The summed E-state index contributed by atoms with van der Waals surface area (Å²) in [6.45, 7) is 0.255. The van der Waals surface area contributed by atoms with E-state index in [1.165, 1.54) is 5.56 Å². The van der Waals surface area contributed by atoms with Gasteiger partial charge in [-0.2, -0.15) is 0 Å². The van der Waals surface area contributed by atoms with Crippen molar-refractivity contribution in [2.24, 2.45) is 0 Å². The van der Waals surface area contributed by atoms with Gasteiger partial charge in [0.2, 0.25) is 5.91 Å². The molecule has 1 saturated heterocycles. The Morgan fingerprint density at radius 1 is 1.07 bits per heavy atom. The minimum absolute atomic E-state index is 0.250. The number of fused-ring (bicyclic) bond motifs is 2. The van der Waals surface area contributed by atoms with Crippen LogP contribution in [-0.2, 0) is 28.0 Å². The highest BCUT2D eigenvalue weighted by molar-refractivity contribution is 6.09. The molecule has 1 unspecified atom stereocenters. The quantitative estimate of drug-likeness (QED) is 0.587. The summed E-state index contributed by atoms with van der Waals surface area (Å²) in [5, 5.41) is 5.70. The first kappa shape index (κ1) is 19.2. The number of urea groups is 1. The molecule has 0 aromatic heterocycles. The third-order valence-electron chi connectivity index (χ3n) is 5.76. The van der Waals surface area contributed by atoms with Crippen LogP contribution in [0.4, 0.5) is 4.79 Å². The molecule has 0 bridgehead atoms. The molecule has 1 fully saturated rings. The Hall–Kier alpha value is -3.15. The fraction of sp³-hybridized carbons (Fsp3) is 0.348.